The first-order chi connectivity index (χ1) is 10.8. The summed E-state index contributed by atoms with van der Waals surface area (Å²) in [5, 5.41) is 5.49. The minimum atomic E-state index is 1.04. The Morgan fingerprint density at radius 1 is 1.05 bits per heavy atom. The fourth-order valence-corrected chi connectivity index (χ4v) is 3.80. The third-order valence-corrected chi connectivity index (χ3v) is 5.07. The number of rotatable bonds is 2. The third-order valence-electron chi connectivity index (χ3n) is 4.03. The first-order valence-corrected chi connectivity index (χ1v) is 8.81. The van der Waals surface area contributed by atoms with Crippen LogP contribution in [-0.2, 0) is 0 Å². The monoisotopic (exact) mass is 401 g/mol. The molecule has 1 aliphatic rings. The van der Waals surface area contributed by atoms with Gasteiger partial charge < -0.3 is 0 Å². The molecule has 1 aliphatic carbocycles. The molecule has 0 spiro atoms. The molecule has 0 radical (unpaired) electrons. The normalized spacial score (nSPS) is 12.8. The van der Waals surface area contributed by atoms with Crippen LogP contribution in [-0.4, -0.2) is 2.78 Å². The lowest BCUT2D eigenvalue weighted by Crippen LogP contribution is -2.33. The van der Waals surface area contributed by atoms with Crippen molar-refractivity contribution in [3.05, 3.63) is 59.0 Å². The zero-order chi connectivity index (χ0) is 15.7. The van der Waals surface area contributed by atoms with Gasteiger partial charge in [-0.05, 0) is 47.6 Å². The zero-order valence-corrected chi connectivity index (χ0v) is 15.4. The molecule has 0 atom stereocenters. The van der Waals surface area contributed by atoms with E-state index in [2.05, 4.69) is 87.2 Å². The average molecular weight is 401 g/mol. The summed E-state index contributed by atoms with van der Waals surface area (Å²) in [7, 11) is 0. The molecule has 4 rings (SSSR count). The highest BCUT2D eigenvalue weighted by Crippen LogP contribution is 2.29. The van der Waals surface area contributed by atoms with Crippen molar-refractivity contribution < 1.29 is 0 Å². The quantitative estimate of drug-likeness (QED) is 0.424. The van der Waals surface area contributed by atoms with Gasteiger partial charge in [0.15, 0.2) is 0 Å². The lowest BCUT2D eigenvalue weighted by molar-refractivity contribution is 1.34. The van der Waals surface area contributed by atoms with E-state index in [-0.39, 0.29) is 0 Å². The van der Waals surface area contributed by atoms with Crippen LogP contribution in [0.3, 0.4) is 0 Å². The van der Waals surface area contributed by atoms with Crippen LogP contribution < -0.4 is 10.4 Å². The van der Waals surface area contributed by atoms with Gasteiger partial charge in [0.1, 0.15) is 0 Å². The average Bonchev–Trinajstić information content (AvgIpc) is 2.83. The summed E-state index contributed by atoms with van der Waals surface area (Å²) >= 11 is 2.40. The Morgan fingerprint density at radius 3 is 2.59 bits per heavy atom. The summed E-state index contributed by atoms with van der Waals surface area (Å²) in [6.45, 7) is 6.08. The van der Waals surface area contributed by atoms with Gasteiger partial charge in [0, 0.05) is 10.8 Å². The molecular weight excluding hydrogens is 381 g/mol. The van der Waals surface area contributed by atoms with Gasteiger partial charge in [-0.1, -0.05) is 50.3 Å². The van der Waals surface area contributed by atoms with Crippen LogP contribution in [0.4, 0.5) is 0 Å². The lowest BCUT2D eigenvalue weighted by atomic mass is 9.95. The molecule has 0 unspecified atom stereocenters. The first kappa shape index (κ1) is 15.3. The maximum atomic E-state index is 2.40. The van der Waals surface area contributed by atoms with Crippen molar-refractivity contribution >= 4 is 56.3 Å². The molecule has 22 heavy (non-hydrogen) atoms. The summed E-state index contributed by atoms with van der Waals surface area (Å²) in [6, 6.07) is 13.3. The van der Waals surface area contributed by atoms with Crippen LogP contribution in [0.5, 0.6) is 0 Å². The minimum absolute atomic E-state index is 1.04. The van der Waals surface area contributed by atoms with E-state index in [0.717, 1.165) is 6.42 Å². The highest BCUT2D eigenvalue weighted by molar-refractivity contribution is 14.1. The molecule has 0 fully saturated rings. The summed E-state index contributed by atoms with van der Waals surface area (Å²) in [4.78, 5) is 0. The van der Waals surface area contributed by atoms with Crippen LogP contribution in [0.2, 0.25) is 0 Å². The van der Waals surface area contributed by atoms with Gasteiger partial charge in [0.05, 0.1) is 33.9 Å². The van der Waals surface area contributed by atoms with E-state index in [0.29, 0.717) is 0 Å². The second-order valence-corrected chi connectivity index (χ2v) is 6.16. The van der Waals surface area contributed by atoms with Crippen molar-refractivity contribution in [1.82, 2.24) is 2.78 Å². The standard InChI is InChI=1S/C18H14IN.C2H6/c1-2-3-6-12-9-13-10-16-14-7-4-5-8-17(14)20(19)18(16)11-15(12)13;1-2/h2-5,7-11H,6H2,1H3;1-2H3/b3-2-;. The van der Waals surface area contributed by atoms with Crippen molar-refractivity contribution in [3.63, 3.8) is 0 Å². The van der Waals surface area contributed by atoms with Crippen LogP contribution in [0.15, 0.2) is 48.6 Å². The van der Waals surface area contributed by atoms with E-state index in [1.807, 2.05) is 13.8 Å². The summed E-state index contributed by atoms with van der Waals surface area (Å²) in [5.74, 6) is 0. The Bertz CT molecular complexity index is 990. The van der Waals surface area contributed by atoms with Gasteiger partial charge in [-0.3, -0.25) is 2.78 Å². The number of nitrogens with zero attached hydrogens (tertiary/aromatic N) is 1. The molecule has 112 valence electrons. The highest BCUT2D eigenvalue weighted by atomic mass is 127. The number of benzene rings is 2. The number of hydrogen-bond donors (Lipinski definition) is 0. The molecule has 0 saturated heterocycles. The number of allylic oxidation sites excluding steroid dienone is 2. The summed E-state index contributed by atoms with van der Waals surface area (Å²) in [5.41, 5.74) is 4.06. The zero-order valence-electron chi connectivity index (χ0n) is 13.2. The molecule has 0 amide bonds. The molecule has 1 aromatic heterocycles. The van der Waals surface area contributed by atoms with Crippen LogP contribution >= 0.6 is 22.9 Å². The van der Waals surface area contributed by atoms with Crippen molar-refractivity contribution in [2.45, 2.75) is 27.2 Å². The smallest absolute Gasteiger partial charge is 0.0646 e. The second kappa shape index (κ2) is 6.29. The highest BCUT2D eigenvalue weighted by Gasteiger charge is 2.12. The summed E-state index contributed by atoms with van der Waals surface area (Å²) < 4.78 is 2.27. The molecule has 1 heterocycles. The van der Waals surface area contributed by atoms with Crippen molar-refractivity contribution in [2.75, 3.05) is 0 Å². The molecule has 3 aromatic rings. The van der Waals surface area contributed by atoms with Crippen molar-refractivity contribution in [2.24, 2.45) is 0 Å². The molecule has 0 bridgehead atoms. The van der Waals surface area contributed by atoms with Crippen LogP contribution in [0.25, 0.3) is 33.5 Å². The summed E-state index contributed by atoms with van der Waals surface area (Å²) in [6.07, 6.45) is 7.69. The van der Waals surface area contributed by atoms with Crippen molar-refractivity contribution in [1.29, 1.82) is 0 Å². The first-order valence-electron chi connectivity index (χ1n) is 7.85. The number of aromatic nitrogens is 1. The van der Waals surface area contributed by atoms with Gasteiger partial charge in [-0.2, -0.15) is 0 Å². The SMILES string of the molecule is C/C=C\CC1=c2cc3c(cc2=C1)c1ccccc1n3I.CC. The molecule has 1 nitrogen and oxygen atoms in total. The van der Waals surface area contributed by atoms with Crippen molar-refractivity contribution in [3.8, 4) is 0 Å². The number of para-hydroxylation sites is 1. The topological polar surface area (TPSA) is 4.93 Å². The minimum Gasteiger partial charge on any atom is -0.282 e. The second-order valence-electron chi connectivity index (χ2n) is 5.20. The van der Waals surface area contributed by atoms with E-state index in [4.69, 9.17) is 0 Å². The van der Waals surface area contributed by atoms with E-state index in [1.54, 1.807) is 0 Å². The van der Waals surface area contributed by atoms with Gasteiger partial charge >= 0.3 is 0 Å². The Hall–Kier alpha value is -1.55. The van der Waals surface area contributed by atoms with Crippen LogP contribution in [0.1, 0.15) is 27.2 Å². The fraction of sp³-hybridized carbons (Fsp3) is 0.200. The Labute approximate surface area is 145 Å². The lowest BCUT2D eigenvalue weighted by Gasteiger charge is -2.09. The Kier molecular flexibility index (Phi) is 4.39. The fourth-order valence-electron chi connectivity index (χ4n) is 2.98. The molecule has 2 heteroatoms. The van der Waals surface area contributed by atoms with Gasteiger partial charge in [0.25, 0.3) is 0 Å². The van der Waals surface area contributed by atoms with Gasteiger partial charge in [-0.15, -0.1) is 0 Å². The van der Waals surface area contributed by atoms with E-state index < -0.39 is 0 Å². The Morgan fingerprint density at radius 2 is 1.82 bits per heavy atom. The third kappa shape index (κ3) is 2.30. The number of fused-ring (bicyclic) bond motifs is 4. The molecule has 2 aromatic carbocycles. The van der Waals surface area contributed by atoms with E-state index in [9.17, 15) is 0 Å². The molecule has 0 N–H and O–H groups in total. The predicted molar refractivity (Wildman–Crippen MR) is 107 cm³/mol. The number of hydrogen-bond acceptors (Lipinski definition) is 0. The van der Waals surface area contributed by atoms with Gasteiger partial charge in [0.2, 0.25) is 0 Å². The largest absolute Gasteiger partial charge is 0.282 e. The van der Waals surface area contributed by atoms with E-state index in [1.165, 1.54) is 37.8 Å². The molecular formula is C20H20IN. The predicted octanol–water partition coefficient (Wildman–Crippen LogP) is 4.93. The maximum Gasteiger partial charge on any atom is 0.0646 e. The van der Waals surface area contributed by atoms with E-state index >= 15 is 0 Å². The van der Waals surface area contributed by atoms with Crippen LogP contribution in [0, 0.1) is 0 Å². The maximum absolute atomic E-state index is 2.40. The number of halogens is 1. The van der Waals surface area contributed by atoms with Gasteiger partial charge in [-0.25, -0.2) is 0 Å². The Balaban J connectivity index is 0.000000693. The molecule has 0 aliphatic heterocycles. The molecule has 0 saturated carbocycles.